The monoisotopic (exact) mass is 423 g/mol. The van der Waals surface area contributed by atoms with Crippen LogP contribution in [-0.4, -0.2) is 16.1 Å². The number of anilines is 1. The normalized spacial score (nSPS) is 19.8. The maximum atomic E-state index is 12.5. The van der Waals surface area contributed by atoms with E-state index < -0.39 is 0 Å². The summed E-state index contributed by atoms with van der Waals surface area (Å²) in [5.74, 6) is 1.85. The minimum atomic E-state index is 0.106. The number of carbonyl (C=O) groups excluding carboxylic acids is 1. The Morgan fingerprint density at radius 3 is 2.67 bits per heavy atom. The third-order valence-corrected chi connectivity index (χ3v) is 7.39. The van der Waals surface area contributed by atoms with Crippen molar-refractivity contribution in [3.05, 3.63) is 34.9 Å². The number of hydrogen-bond acceptors (Lipinski definition) is 5. The summed E-state index contributed by atoms with van der Waals surface area (Å²) in [5, 5.41) is 12.6. The SMILES string of the molecule is CCCCC1CCC(C(=O)Nc2nnc(SCc3ccc(Cl)cc3)s2)CC1. The van der Waals surface area contributed by atoms with E-state index in [2.05, 4.69) is 22.4 Å². The summed E-state index contributed by atoms with van der Waals surface area (Å²) < 4.78 is 0.864. The topological polar surface area (TPSA) is 54.9 Å². The third-order valence-electron chi connectivity index (χ3n) is 5.10. The standard InChI is InChI=1S/C20H26ClN3OS2/c1-2-3-4-14-5-9-16(10-6-14)18(25)22-19-23-24-20(27-19)26-13-15-7-11-17(21)12-8-15/h7-8,11-12,14,16H,2-6,9-10,13H2,1H3,(H,22,23,25). The molecule has 0 saturated heterocycles. The van der Waals surface area contributed by atoms with Gasteiger partial charge in [-0.1, -0.05) is 73.0 Å². The van der Waals surface area contributed by atoms with Crippen LogP contribution in [0, 0.1) is 11.8 Å². The summed E-state index contributed by atoms with van der Waals surface area (Å²) >= 11 is 8.97. The van der Waals surface area contributed by atoms with Crippen molar-refractivity contribution in [2.24, 2.45) is 11.8 Å². The summed E-state index contributed by atoms with van der Waals surface area (Å²) in [6.45, 7) is 2.24. The van der Waals surface area contributed by atoms with Crippen LogP contribution in [0.5, 0.6) is 0 Å². The molecule has 4 nitrogen and oxygen atoms in total. The molecule has 1 N–H and O–H groups in total. The van der Waals surface area contributed by atoms with E-state index in [-0.39, 0.29) is 11.8 Å². The minimum absolute atomic E-state index is 0.106. The molecular formula is C20H26ClN3OS2. The summed E-state index contributed by atoms with van der Waals surface area (Å²) in [4.78, 5) is 12.5. The summed E-state index contributed by atoms with van der Waals surface area (Å²) in [6, 6.07) is 7.80. The molecule has 1 aromatic heterocycles. The molecule has 146 valence electrons. The molecule has 1 aromatic carbocycles. The zero-order valence-corrected chi connectivity index (χ0v) is 18.0. The van der Waals surface area contributed by atoms with Crippen molar-refractivity contribution in [1.82, 2.24) is 10.2 Å². The van der Waals surface area contributed by atoms with Gasteiger partial charge in [-0.25, -0.2) is 0 Å². The molecule has 0 unspecified atom stereocenters. The number of aromatic nitrogens is 2. The highest BCUT2D eigenvalue weighted by atomic mass is 35.5. The van der Waals surface area contributed by atoms with E-state index in [1.165, 1.54) is 49.0 Å². The van der Waals surface area contributed by atoms with E-state index in [4.69, 9.17) is 11.6 Å². The zero-order valence-electron chi connectivity index (χ0n) is 15.6. The lowest BCUT2D eigenvalue weighted by Crippen LogP contribution is -2.27. The number of benzene rings is 1. The first-order chi connectivity index (χ1) is 13.1. The van der Waals surface area contributed by atoms with Gasteiger partial charge in [0.1, 0.15) is 0 Å². The van der Waals surface area contributed by atoms with Crippen molar-refractivity contribution in [3.8, 4) is 0 Å². The highest BCUT2D eigenvalue weighted by Gasteiger charge is 2.26. The smallest absolute Gasteiger partial charge is 0.229 e. The Labute approximate surface area is 174 Å². The van der Waals surface area contributed by atoms with E-state index >= 15 is 0 Å². The molecule has 1 aliphatic rings. The van der Waals surface area contributed by atoms with Gasteiger partial charge in [0.05, 0.1) is 0 Å². The molecule has 2 aromatic rings. The molecule has 0 aliphatic heterocycles. The fraction of sp³-hybridized carbons (Fsp3) is 0.550. The molecule has 0 atom stereocenters. The van der Waals surface area contributed by atoms with Crippen molar-refractivity contribution in [3.63, 3.8) is 0 Å². The number of unbranched alkanes of at least 4 members (excludes halogenated alkanes) is 1. The maximum Gasteiger partial charge on any atom is 0.229 e. The number of thioether (sulfide) groups is 1. The molecule has 1 heterocycles. The van der Waals surface area contributed by atoms with E-state index in [9.17, 15) is 4.79 Å². The molecule has 1 amide bonds. The van der Waals surface area contributed by atoms with Gasteiger partial charge in [-0.15, -0.1) is 10.2 Å². The first kappa shape index (κ1) is 20.6. The van der Waals surface area contributed by atoms with Gasteiger partial charge in [0.2, 0.25) is 11.0 Å². The van der Waals surface area contributed by atoms with Crippen LogP contribution in [-0.2, 0) is 10.5 Å². The number of nitrogens with zero attached hydrogens (tertiary/aromatic N) is 2. The molecule has 0 bridgehead atoms. The Hall–Kier alpha value is -1.11. The van der Waals surface area contributed by atoms with Gasteiger partial charge in [0.25, 0.3) is 0 Å². The summed E-state index contributed by atoms with van der Waals surface area (Å²) in [7, 11) is 0. The maximum absolute atomic E-state index is 12.5. The van der Waals surface area contributed by atoms with Crippen LogP contribution in [0.4, 0.5) is 5.13 Å². The van der Waals surface area contributed by atoms with Crippen molar-refractivity contribution in [2.45, 2.75) is 62.0 Å². The summed E-state index contributed by atoms with van der Waals surface area (Å²) in [6.07, 6.45) is 8.23. The van der Waals surface area contributed by atoms with Gasteiger partial charge in [-0.3, -0.25) is 4.79 Å². The number of rotatable bonds is 8. The molecule has 1 fully saturated rings. The molecule has 1 aliphatic carbocycles. The number of nitrogens with one attached hydrogen (secondary N) is 1. The van der Waals surface area contributed by atoms with Crippen LogP contribution in [0.1, 0.15) is 57.4 Å². The Balaban J connectivity index is 1.43. The first-order valence-corrected chi connectivity index (χ1v) is 11.8. The Morgan fingerprint density at radius 1 is 1.22 bits per heavy atom. The Bertz CT molecular complexity index is 727. The van der Waals surface area contributed by atoms with Crippen molar-refractivity contribution < 1.29 is 4.79 Å². The van der Waals surface area contributed by atoms with Crippen LogP contribution in [0.15, 0.2) is 28.6 Å². The van der Waals surface area contributed by atoms with E-state index in [0.29, 0.717) is 5.13 Å². The Morgan fingerprint density at radius 2 is 1.96 bits per heavy atom. The largest absolute Gasteiger partial charge is 0.300 e. The average Bonchev–Trinajstić information content (AvgIpc) is 3.13. The molecule has 27 heavy (non-hydrogen) atoms. The predicted octanol–water partition coefficient (Wildman–Crippen LogP) is 6.42. The van der Waals surface area contributed by atoms with Crippen LogP contribution in [0.2, 0.25) is 5.02 Å². The van der Waals surface area contributed by atoms with Gasteiger partial charge in [-0.05, 0) is 49.3 Å². The molecule has 7 heteroatoms. The molecule has 1 saturated carbocycles. The molecular weight excluding hydrogens is 398 g/mol. The average molecular weight is 424 g/mol. The van der Waals surface area contributed by atoms with Crippen LogP contribution in [0.25, 0.3) is 0 Å². The van der Waals surface area contributed by atoms with Gasteiger partial charge in [-0.2, -0.15) is 0 Å². The number of amides is 1. The highest BCUT2D eigenvalue weighted by molar-refractivity contribution is 8.00. The lowest BCUT2D eigenvalue weighted by Gasteiger charge is -2.27. The van der Waals surface area contributed by atoms with Gasteiger partial charge < -0.3 is 5.32 Å². The van der Waals surface area contributed by atoms with E-state index in [1.807, 2.05) is 24.3 Å². The molecule has 3 rings (SSSR count). The van der Waals surface area contributed by atoms with Crippen molar-refractivity contribution in [1.29, 1.82) is 0 Å². The van der Waals surface area contributed by atoms with Gasteiger partial charge in [0, 0.05) is 16.7 Å². The van der Waals surface area contributed by atoms with Gasteiger partial charge >= 0.3 is 0 Å². The quantitative estimate of drug-likeness (QED) is 0.393. The number of hydrogen-bond donors (Lipinski definition) is 1. The fourth-order valence-corrected chi connectivity index (χ4v) is 5.29. The minimum Gasteiger partial charge on any atom is -0.300 e. The summed E-state index contributed by atoms with van der Waals surface area (Å²) in [5.41, 5.74) is 1.19. The zero-order chi connectivity index (χ0) is 19.1. The molecule has 0 radical (unpaired) electrons. The van der Waals surface area contributed by atoms with Crippen LogP contribution in [0.3, 0.4) is 0 Å². The van der Waals surface area contributed by atoms with E-state index in [0.717, 1.165) is 33.9 Å². The lowest BCUT2D eigenvalue weighted by molar-refractivity contribution is -0.121. The number of carbonyl (C=O) groups is 1. The third kappa shape index (κ3) is 6.47. The van der Waals surface area contributed by atoms with Crippen molar-refractivity contribution >= 4 is 45.7 Å². The van der Waals surface area contributed by atoms with Gasteiger partial charge in [0.15, 0.2) is 4.34 Å². The fourth-order valence-electron chi connectivity index (χ4n) is 3.46. The second-order valence-corrected chi connectivity index (χ2v) is 9.77. The number of halogens is 1. The second kappa shape index (κ2) is 10.4. The Kier molecular flexibility index (Phi) is 7.97. The second-order valence-electron chi connectivity index (χ2n) is 7.14. The predicted molar refractivity (Wildman–Crippen MR) is 115 cm³/mol. The van der Waals surface area contributed by atoms with Crippen LogP contribution < -0.4 is 5.32 Å². The van der Waals surface area contributed by atoms with Crippen molar-refractivity contribution in [2.75, 3.05) is 5.32 Å². The highest BCUT2D eigenvalue weighted by Crippen LogP contribution is 2.33. The molecule has 0 spiro atoms. The first-order valence-electron chi connectivity index (χ1n) is 9.65. The van der Waals surface area contributed by atoms with Crippen LogP contribution >= 0.6 is 34.7 Å². The lowest BCUT2D eigenvalue weighted by atomic mass is 9.79. The van der Waals surface area contributed by atoms with E-state index in [1.54, 1.807) is 11.8 Å².